The zero-order valence-electron chi connectivity index (χ0n) is 9.91. The highest BCUT2D eigenvalue weighted by Crippen LogP contribution is 2.36. The zero-order chi connectivity index (χ0) is 12.5. The van der Waals surface area contributed by atoms with E-state index in [1.165, 1.54) is 6.07 Å². The van der Waals surface area contributed by atoms with Crippen LogP contribution in [0, 0.1) is 12.7 Å². The minimum atomic E-state index is -0.198. The largest absolute Gasteiger partial charge is 0.358 e. The summed E-state index contributed by atoms with van der Waals surface area (Å²) in [5.41, 5.74) is 2.05. The number of aryl methyl sites for hydroxylation is 1. The van der Waals surface area contributed by atoms with Crippen molar-refractivity contribution in [3.63, 3.8) is 0 Å². The van der Waals surface area contributed by atoms with Gasteiger partial charge in [-0.05, 0) is 37.3 Å². The van der Waals surface area contributed by atoms with Gasteiger partial charge in [0.05, 0.1) is 0 Å². The van der Waals surface area contributed by atoms with Gasteiger partial charge in [0.1, 0.15) is 5.82 Å². The Bertz CT molecular complexity index is 688. The van der Waals surface area contributed by atoms with Gasteiger partial charge in [-0.25, -0.2) is 4.39 Å². The van der Waals surface area contributed by atoms with Crippen LogP contribution in [0.15, 0.2) is 58.3 Å². The van der Waals surface area contributed by atoms with Crippen molar-refractivity contribution in [2.24, 2.45) is 0 Å². The summed E-state index contributed by atoms with van der Waals surface area (Å²) in [4.78, 5) is 5.54. The predicted molar refractivity (Wildman–Crippen MR) is 73.6 cm³/mol. The van der Waals surface area contributed by atoms with Gasteiger partial charge in [-0.2, -0.15) is 0 Å². The molecule has 1 N–H and O–H groups in total. The highest BCUT2D eigenvalue weighted by molar-refractivity contribution is 7.99. The quantitative estimate of drug-likeness (QED) is 0.699. The number of nitrogens with one attached hydrogen (secondary N) is 1. The molecule has 0 aliphatic carbocycles. The molecule has 0 atom stereocenters. The second-order valence-corrected chi connectivity index (χ2v) is 5.27. The Labute approximate surface area is 109 Å². The van der Waals surface area contributed by atoms with Crippen molar-refractivity contribution in [3.05, 3.63) is 60.0 Å². The minimum absolute atomic E-state index is 0.198. The van der Waals surface area contributed by atoms with Crippen LogP contribution in [0.2, 0.25) is 0 Å². The van der Waals surface area contributed by atoms with Crippen molar-refractivity contribution in [2.75, 3.05) is 0 Å². The van der Waals surface area contributed by atoms with E-state index >= 15 is 0 Å². The molecular formula is C15H12FNS. The Morgan fingerprint density at radius 3 is 2.61 bits per heavy atom. The molecule has 0 bridgehead atoms. The zero-order valence-corrected chi connectivity index (χ0v) is 10.7. The molecule has 1 nitrogen and oxygen atoms in total. The molecule has 3 aromatic rings. The van der Waals surface area contributed by atoms with Gasteiger partial charge in [0.15, 0.2) is 0 Å². The molecule has 1 heterocycles. The third-order valence-electron chi connectivity index (χ3n) is 2.85. The number of hydrogen-bond acceptors (Lipinski definition) is 1. The van der Waals surface area contributed by atoms with Crippen molar-refractivity contribution in [3.8, 4) is 0 Å². The summed E-state index contributed by atoms with van der Waals surface area (Å²) in [5, 5.41) is 0.946. The molecule has 18 heavy (non-hydrogen) atoms. The Morgan fingerprint density at radius 2 is 1.83 bits per heavy atom. The van der Waals surface area contributed by atoms with Crippen LogP contribution in [0.1, 0.15) is 5.69 Å². The average Bonchev–Trinajstić information content (AvgIpc) is 2.67. The molecule has 90 valence electrons. The van der Waals surface area contributed by atoms with E-state index in [0.717, 1.165) is 26.4 Å². The molecule has 2 aromatic carbocycles. The molecule has 3 rings (SSSR count). The monoisotopic (exact) mass is 257 g/mol. The van der Waals surface area contributed by atoms with Crippen molar-refractivity contribution in [1.29, 1.82) is 0 Å². The predicted octanol–water partition coefficient (Wildman–Crippen LogP) is 4.77. The van der Waals surface area contributed by atoms with E-state index in [-0.39, 0.29) is 5.82 Å². The van der Waals surface area contributed by atoms with Crippen molar-refractivity contribution >= 4 is 22.7 Å². The van der Waals surface area contributed by atoms with Gasteiger partial charge in [0.2, 0.25) is 0 Å². The minimum Gasteiger partial charge on any atom is -0.358 e. The maximum Gasteiger partial charge on any atom is 0.123 e. The normalized spacial score (nSPS) is 11.0. The highest BCUT2D eigenvalue weighted by atomic mass is 32.2. The summed E-state index contributed by atoms with van der Waals surface area (Å²) >= 11 is 1.66. The Hall–Kier alpha value is -1.74. The molecule has 0 radical (unpaired) electrons. The molecule has 0 spiro atoms. The van der Waals surface area contributed by atoms with Gasteiger partial charge in [0.25, 0.3) is 0 Å². The fraction of sp³-hybridized carbons (Fsp3) is 0.0667. The van der Waals surface area contributed by atoms with Gasteiger partial charge in [-0.15, -0.1) is 0 Å². The molecule has 0 saturated carbocycles. The number of aromatic amines is 1. The fourth-order valence-corrected chi connectivity index (χ4v) is 3.02. The summed E-state index contributed by atoms with van der Waals surface area (Å²) in [5.74, 6) is -0.198. The summed E-state index contributed by atoms with van der Waals surface area (Å²) < 4.78 is 13.3. The first-order valence-electron chi connectivity index (χ1n) is 5.75. The average molecular weight is 257 g/mol. The van der Waals surface area contributed by atoms with Crippen LogP contribution >= 0.6 is 11.8 Å². The number of halogens is 1. The molecular weight excluding hydrogens is 245 g/mol. The standard InChI is InChI=1S/C15H12FNS/c1-10-15(18-12-5-3-2-4-6-12)13-9-11(16)7-8-14(13)17-10/h2-9,17H,1H3. The maximum absolute atomic E-state index is 13.3. The number of hydrogen-bond donors (Lipinski definition) is 1. The van der Waals surface area contributed by atoms with Crippen molar-refractivity contribution in [2.45, 2.75) is 16.7 Å². The molecule has 0 aliphatic rings. The van der Waals surface area contributed by atoms with E-state index in [9.17, 15) is 4.39 Å². The van der Waals surface area contributed by atoms with Crippen LogP contribution in [0.4, 0.5) is 4.39 Å². The van der Waals surface area contributed by atoms with Gasteiger partial charge < -0.3 is 4.98 Å². The molecule has 0 aliphatic heterocycles. The maximum atomic E-state index is 13.3. The molecule has 0 unspecified atom stereocenters. The number of benzene rings is 2. The van der Waals surface area contributed by atoms with Gasteiger partial charge in [-0.1, -0.05) is 30.0 Å². The molecule has 0 saturated heterocycles. The summed E-state index contributed by atoms with van der Waals surface area (Å²) in [6, 6.07) is 15.0. The fourth-order valence-electron chi connectivity index (χ4n) is 2.01. The van der Waals surface area contributed by atoms with E-state index in [4.69, 9.17) is 0 Å². The van der Waals surface area contributed by atoms with Crippen LogP contribution in [-0.4, -0.2) is 4.98 Å². The lowest BCUT2D eigenvalue weighted by Crippen LogP contribution is -1.76. The Balaban J connectivity index is 2.11. The van der Waals surface area contributed by atoms with E-state index in [1.807, 2.05) is 25.1 Å². The Kier molecular flexibility index (Phi) is 2.84. The van der Waals surface area contributed by atoms with Crippen LogP contribution < -0.4 is 0 Å². The van der Waals surface area contributed by atoms with Crippen LogP contribution in [0.25, 0.3) is 10.9 Å². The first-order chi connectivity index (χ1) is 8.74. The van der Waals surface area contributed by atoms with Crippen molar-refractivity contribution in [1.82, 2.24) is 4.98 Å². The van der Waals surface area contributed by atoms with E-state index in [0.29, 0.717) is 0 Å². The summed E-state index contributed by atoms with van der Waals surface area (Å²) in [6.07, 6.45) is 0. The summed E-state index contributed by atoms with van der Waals surface area (Å²) in [7, 11) is 0. The van der Waals surface area contributed by atoms with Crippen LogP contribution in [0.5, 0.6) is 0 Å². The number of H-pyrrole nitrogens is 1. The third kappa shape index (κ3) is 2.02. The Morgan fingerprint density at radius 1 is 1.06 bits per heavy atom. The van der Waals surface area contributed by atoms with Crippen LogP contribution in [0.3, 0.4) is 0 Å². The lowest BCUT2D eigenvalue weighted by atomic mass is 10.2. The SMILES string of the molecule is Cc1[nH]c2ccc(F)cc2c1Sc1ccccc1. The summed E-state index contributed by atoms with van der Waals surface area (Å²) in [6.45, 7) is 2.02. The molecule has 0 fully saturated rings. The number of aromatic nitrogens is 1. The first-order valence-corrected chi connectivity index (χ1v) is 6.56. The molecule has 0 amide bonds. The molecule has 3 heteroatoms. The lowest BCUT2D eigenvalue weighted by Gasteiger charge is -2.01. The highest BCUT2D eigenvalue weighted by Gasteiger charge is 2.10. The smallest absolute Gasteiger partial charge is 0.123 e. The lowest BCUT2D eigenvalue weighted by molar-refractivity contribution is 0.629. The van der Waals surface area contributed by atoms with E-state index in [1.54, 1.807) is 23.9 Å². The second-order valence-electron chi connectivity index (χ2n) is 4.18. The molecule has 1 aromatic heterocycles. The van der Waals surface area contributed by atoms with Crippen LogP contribution in [-0.2, 0) is 0 Å². The van der Waals surface area contributed by atoms with Gasteiger partial charge in [0, 0.05) is 26.4 Å². The van der Waals surface area contributed by atoms with E-state index in [2.05, 4.69) is 17.1 Å². The first kappa shape index (κ1) is 11.4. The second kappa shape index (κ2) is 4.50. The van der Waals surface area contributed by atoms with E-state index < -0.39 is 0 Å². The third-order valence-corrected chi connectivity index (χ3v) is 4.09. The van der Waals surface area contributed by atoms with Gasteiger partial charge >= 0.3 is 0 Å². The van der Waals surface area contributed by atoms with Gasteiger partial charge in [-0.3, -0.25) is 0 Å². The number of fused-ring (bicyclic) bond motifs is 1. The van der Waals surface area contributed by atoms with Crippen molar-refractivity contribution < 1.29 is 4.39 Å². The topological polar surface area (TPSA) is 15.8 Å². The number of rotatable bonds is 2.